The van der Waals surface area contributed by atoms with E-state index in [2.05, 4.69) is 10.1 Å². The molecule has 1 heterocycles. The van der Waals surface area contributed by atoms with E-state index in [1.165, 1.54) is 6.21 Å². The van der Waals surface area contributed by atoms with E-state index >= 15 is 0 Å². The van der Waals surface area contributed by atoms with Gasteiger partial charge >= 0.3 is 0 Å². The maximum atomic E-state index is 8.29. The minimum atomic E-state index is 0.598. The molecule has 0 saturated heterocycles. The Morgan fingerprint density at radius 2 is 2.46 bits per heavy atom. The lowest BCUT2D eigenvalue weighted by atomic mass is 10.2. The number of pyridine rings is 1. The standard InChI is InChI=1S/C9H12N2O2/c1-3-13-9-7(2)4-8(5-10-9)6-11-12/h4-6,12H,3H2,1-2H3/b11-6-. The molecule has 0 aliphatic heterocycles. The fourth-order valence-electron chi connectivity index (χ4n) is 1.01. The highest BCUT2D eigenvalue weighted by Crippen LogP contribution is 2.13. The quantitative estimate of drug-likeness (QED) is 0.436. The van der Waals surface area contributed by atoms with E-state index in [4.69, 9.17) is 9.94 Å². The van der Waals surface area contributed by atoms with Crippen molar-refractivity contribution in [3.63, 3.8) is 0 Å². The Bertz CT molecular complexity index is 310. The normalized spacial score (nSPS) is 10.6. The molecule has 0 saturated carbocycles. The predicted molar refractivity (Wildman–Crippen MR) is 49.5 cm³/mol. The molecule has 4 heteroatoms. The number of rotatable bonds is 3. The minimum absolute atomic E-state index is 0.598. The number of aromatic nitrogens is 1. The smallest absolute Gasteiger partial charge is 0.216 e. The zero-order valence-electron chi connectivity index (χ0n) is 7.69. The van der Waals surface area contributed by atoms with Gasteiger partial charge in [-0.25, -0.2) is 4.98 Å². The minimum Gasteiger partial charge on any atom is -0.478 e. The third-order valence-electron chi connectivity index (χ3n) is 1.54. The lowest BCUT2D eigenvalue weighted by molar-refractivity contribution is 0.321. The van der Waals surface area contributed by atoms with E-state index in [-0.39, 0.29) is 0 Å². The van der Waals surface area contributed by atoms with Crippen LogP contribution in [0.1, 0.15) is 18.1 Å². The first-order chi connectivity index (χ1) is 6.27. The van der Waals surface area contributed by atoms with Gasteiger partial charge in [-0.05, 0) is 19.9 Å². The Morgan fingerprint density at radius 3 is 3.00 bits per heavy atom. The Morgan fingerprint density at radius 1 is 1.69 bits per heavy atom. The van der Waals surface area contributed by atoms with Crippen LogP contribution in [-0.2, 0) is 0 Å². The van der Waals surface area contributed by atoms with Gasteiger partial charge in [0.25, 0.3) is 0 Å². The highest BCUT2D eigenvalue weighted by Gasteiger charge is 2.00. The summed E-state index contributed by atoms with van der Waals surface area (Å²) in [5.74, 6) is 0.623. The highest BCUT2D eigenvalue weighted by molar-refractivity contribution is 5.78. The van der Waals surface area contributed by atoms with E-state index in [0.29, 0.717) is 12.5 Å². The molecule has 0 amide bonds. The first-order valence-corrected chi connectivity index (χ1v) is 4.04. The van der Waals surface area contributed by atoms with E-state index in [9.17, 15) is 0 Å². The number of hydrogen-bond donors (Lipinski definition) is 1. The second kappa shape index (κ2) is 4.45. The molecule has 70 valence electrons. The maximum Gasteiger partial charge on any atom is 0.216 e. The van der Waals surface area contributed by atoms with Crippen LogP contribution in [0, 0.1) is 6.92 Å². The molecular formula is C9H12N2O2. The summed E-state index contributed by atoms with van der Waals surface area (Å²) in [6.07, 6.45) is 2.92. The van der Waals surface area contributed by atoms with Crippen LogP contribution in [0.2, 0.25) is 0 Å². The average molecular weight is 180 g/mol. The Kier molecular flexibility index (Phi) is 3.25. The molecule has 1 aromatic rings. The fourth-order valence-corrected chi connectivity index (χ4v) is 1.01. The number of ether oxygens (including phenoxy) is 1. The predicted octanol–water partition coefficient (Wildman–Crippen LogP) is 1.60. The lowest BCUT2D eigenvalue weighted by Crippen LogP contribution is -1.97. The number of oxime groups is 1. The van der Waals surface area contributed by atoms with Gasteiger partial charge in [-0.2, -0.15) is 0 Å². The van der Waals surface area contributed by atoms with Crippen LogP contribution < -0.4 is 4.74 Å². The van der Waals surface area contributed by atoms with Crippen molar-refractivity contribution in [2.45, 2.75) is 13.8 Å². The average Bonchev–Trinajstić information content (AvgIpc) is 2.10. The van der Waals surface area contributed by atoms with Crippen molar-refractivity contribution in [1.82, 2.24) is 4.98 Å². The first kappa shape index (κ1) is 9.51. The number of hydrogen-bond acceptors (Lipinski definition) is 4. The van der Waals surface area contributed by atoms with Crippen molar-refractivity contribution >= 4 is 6.21 Å². The fraction of sp³-hybridized carbons (Fsp3) is 0.333. The van der Waals surface area contributed by atoms with E-state index in [1.54, 1.807) is 6.20 Å². The Balaban J connectivity index is 2.91. The molecule has 0 atom stereocenters. The van der Waals surface area contributed by atoms with Crippen molar-refractivity contribution in [3.8, 4) is 5.88 Å². The second-order valence-electron chi connectivity index (χ2n) is 2.57. The van der Waals surface area contributed by atoms with Gasteiger partial charge in [0.05, 0.1) is 12.8 Å². The van der Waals surface area contributed by atoms with Crippen LogP contribution in [0.3, 0.4) is 0 Å². The van der Waals surface area contributed by atoms with Gasteiger partial charge in [0, 0.05) is 17.3 Å². The Labute approximate surface area is 76.9 Å². The van der Waals surface area contributed by atoms with Crippen molar-refractivity contribution < 1.29 is 9.94 Å². The van der Waals surface area contributed by atoms with Crippen molar-refractivity contribution in [2.75, 3.05) is 6.61 Å². The molecular weight excluding hydrogens is 168 g/mol. The second-order valence-corrected chi connectivity index (χ2v) is 2.57. The summed E-state index contributed by atoms with van der Waals surface area (Å²) < 4.78 is 5.25. The van der Waals surface area contributed by atoms with E-state index < -0.39 is 0 Å². The van der Waals surface area contributed by atoms with E-state index in [1.807, 2.05) is 19.9 Å². The summed E-state index contributed by atoms with van der Waals surface area (Å²) in [5, 5.41) is 11.2. The molecule has 0 spiro atoms. The molecule has 0 aliphatic carbocycles. The third kappa shape index (κ3) is 2.43. The topological polar surface area (TPSA) is 54.7 Å². The largest absolute Gasteiger partial charge is 0.478 e. The summed E-state index contributed by atoms with van der Waals surface area (Å²) >= 11 is 0. The van der Waals surface area contributed by atoms with Gasteiger partial charge in [-0.3, -0.25) is 0 Å². The molecule has 0 fully saturated rings. The molecule has 13 heavy (non-hydrogen) atoms. The van der Waals surface area contributed by atoms with Gasteiger partial charge in [0.2, 0.25) is 5.88 Å². The third-order valence-corrected chi connectivity index (χ3v) is 1.54. The lowest BCUT2D eigenvalue weighted by Gasteiger charge is -2.04. The molecule has 0 bridgehead atoms. The van der Waals surface area contributed by atoms with Crippen LogP contribution in [0.5, 0.6) is 5.88 Å². The summed E-state index contributed by atoms with van der Waals surface area (Å²) in [5.41, 5.74) is 1.68. The van der Waals surface area contributed by atoms with Gasteiger partial charge < -0.3 is 9.94 Å². The zero-order chi connectivity index (χ0) is 9.68. The van der Waals surface area contributed by atoms with Crippen LogP contribution in [0.15, 0.2) is 17.4 Å². The molecule has 0 aromatic carbocycles. The van der Waals surface area contributed by atoms with Crippen LogP contribution in [-0.4, -0.2) is 23.0 Å². The molecule has 0 aliphatic rings. The monoisotopic (exact) mass is 180 g/mol. The highest BCUT2D eigenvalue weighted by atomic mass is 16.5. The van der Waals surface area contributed by atoms with Crippen molar-refractivity contribution in [1.29, 1.82) is 0 Å². The SMILES string of the molecule is CCOc1ncc(/C=N\O)cc1C. The van der Waals surface area contributed by atoms with Gasteiger partial charge in [0.15, 0.2) is 0 Å². The zero-order valence-corrected chi connectivity index (χ0v) is 7.69. The van der Waals surface area contributed by atoms with E-state index in [0.717, 1.165) is 11.1 Å². The van der Waals surface area contributed by atoms with Crippen LogP contribution in [0.25, 0.3) is 0 Å². The molecule has 0 radical (unpaired) electrons. The van der Waals surface area contributed by atoms with Crippen LogP contribution in [0.4, 0.5) is 0 Å². The van der Waals surface area contributed by atoms with Crippen LogP contribution >= 0.6 is 0 Å². The summed E-state index contributed by atoms with van der Waals surface area (Å²) in [4.78, 5) is 4.06. The molecule has 0 unspecified atom stereocenters. The summed E-state index contributed by atoms with van der Waals surface area (Å²) in [6.45, 7) is 4.40. The summed E-state index contributed by atoms with van der Waals surface area (Å²) in [7, 11) is 0. The molecule has 1 N–H and O–H groups in total. The summed E-state index contributed by atoms with van der Waals surface area (Å²) in [6, 6.07) is 1.84. The first-order valence-electron chi connectivity index (χ1n) is 4.04. The maximum absolute atomic E-state index is 8.29. The van der Waals surface area contributed by atoms with Crippen molar-refractivity contribution in [2.24, 2.45) is 5.16 Å². The van der Waals surface area contributed by atoms with Gasteiger partial charge in [0.1, 0.15) is 0 Å². The Hall–Kier alpha value is -1.58. The number of aryl methyl sites for hydroxylation is 1. The molecule has 1 aromatic heterocycles. The molecule has 1 rings (SSSR count). The molecule has 4 nitrogen and oxygen atoms in total. The van der Waals surface area contributed by atoms with Gasteiger partial charge in [-0.1, -0.05) is 5.16 Å². The van der Waals surface area contributed by atoms with Gasteiger partial charge in [-0.15, -0.1) is 0 Å². The van der Waals surface area contributed by atoms with Crippen molar-refractivity contribution in [3.05, 3.63) is 23.4 Å². The number of nitrogens with zero attached hydrogens (tertiary/aromatic N) is 2.